The summed E-state index contributed by atoms with van der Waals surface area (Å²) >= 11 is 3.45. The molecule has 3 heteroatoms. The lowest BCUT2D eigenvalue weighted by Gasteiger charge is -2.11. The molecule has 1 aromatic carbocycles. The van der Waals surface area contributed by atoms with Gasteiger partial charge in [-0.1, -0.05) is 35.8 Å². The average molecular weight is 285 g/mol. The maximum Gasteiger partial charge on any atom is 0.309 e. The van der Waals surface area contributed by atoms with Crippen molar-refractivity contribution < 1.29 is 9.53 Å². The summed E-state index contributed by atoms with van der Waals surface area (Å²) in [4.78, 5) is 11.3. The molecule has 0 saturated carbocycles. The van der Waals surface area contributed by atoms with E-state index in [1.807, 2.05) is 12.1 Å². The Balaban J connectivity index is 2.93. The van der Waals surface area contributed by atoms with E-state index >= 15 is 0 Å². The van der Waals surface area contributed by atoms with Gasteiger partial charge in [-0.3, -0.25) is 4.79 Å². The minimum Gasteiger partial charge on any atom is -0.469 e. The molecule has 0 saturated heterocycles. The van der Waals surface area contributed by atoms with E-state index in [2.05, 4.69) is 35.8 Å². The highest BCUT2D eigenvalue weighted by atomic mass is 79.9. The molecular formula is C13H17BrO2. The molecule has 0 atom stereocenters. The molecule has 16 heavy (non-hydrogen) atoms. The van der Waals surface area contributed by atoms with E-state index in [0.717, 1.165) is 16.5 Å². The van der Waals surface area contributed by atoms with Crippen LogP contribution in [0.2, 0.25) is 0 Å². The summed E-state index contributed by atoms with van der Waals surface area (Å²) in [5, 5.41) is 0. The van der Waals surface area contributed by atoms with Crippen LogP contribution in [0.15, 0.2) is 22.7 Å². The summed E-state index contributed by atoms with van der Waals surface area (Å²) in [6.45, 7) is 4.34. The SMILES string of the molecule is COC(=O)Cc1ccc(Br)cc1CC(C)C. The van der Waals surface area contributed by atoms with Crippen molar-refractivity contribution in [2.75, 3.05) is 7.11 Å². The minimum atomic E-state index is -0.188. The lowest BCUT2D eigenvalue weighted by atomic mass is 9.96. The Kier molecular flexibility index (Phi) is 5.00. The molecule has 0 aliphatic heterocycles. The molecule has 0 aliphatic rings. The van der Waals surface area contributed by atoms with Crippen LogP contribution in [0.5, 0.6) is 0 Å². The number of halogens is 1. The number of rotatable bonds is 4. The van der Waals surface area contributed by atoms with Gasteiger partial charge in [0.1, 0.15) is 0 Å². The quantitative estimate of drug-likeness (QED) is 0.793. The summed E-state index contributed by atoms with van der Waals surface area (Å²) in [6.07, 6.45) is 1.33. The molecule has 0 spiro atoms. The number of benzene rings is 1. The summed E-state index contributed by atoms with van der Waals surface area (Å²) in [6, 6.07) is 6.03. The van der Waals surface area contributed by atoms with Gasteiger partial charge < -0.3 is 4.74 Å². The molecule has 0 fully saturated rings. The first kappa shape index (κ1) is 13.2. The van der Waals surface area contributed by atoms with Gasteiger partial charge in [-0.2, -0.15) is 0 Å². The topological polar surface area (TPSA) is 26.3 Å². The molecule has 0 amide bonds. The van der Waals surface area contributed by atoms with Crippen LogP contribution >= 0.6 is 15.9 Å². The second-order valence-corrected chi connectivity index (χ2v) is 5.18. The molecule has 0 N–H and O–H groups in total. The first-order chi connectivity index (χ1) is 7.52. The number of carbonyl (C=O) groups is 1. The monoisotopic (exact) mass is 284 g/mol. The van der Waals surface area contributed by atoms with Crippen molar-refractivity contribution in [2.24, 2.45) is 5.92 Å². The largest absolute Gasteiger partial charge is 0.469 e. The van der Waals surface area contributed by atoms with Crippen LogP contribution in [-0.2, 0) is 22.4 Å². The summed E-state index contributed by atoms with van der Waals surface area (Å²) in [7, 11) is 1.42. The third kappa shape index (κ3) is 3.97. The number of ether oxygens (including phenoxy) is 1. The molecule has 0 bridgehead atoms. The van der Waals surface area contributed by atoms with Crippen molar-refractivity contribution in [3.8, 4) is 0 Å². The predicted octanol–water partition coefficient (Wildman–Crippen LogP) is 3.36. The van der Waals surface area contributed by atoms with E-state index in [-0.39, 0.29) is 5.97 Å². The van der Waals surface area contributed by atoms with Gasteiger partial charge in [-0.15, -0.1) is 0 Å². The minimum absolute atomic E-state index is 0.188. The molecule has 0 aliphatic carbocycles. The standard InChI is InChI=1S/C13H17BrO2/c1-9(2)6-11-7-12(14)5-4-10(11)8-13(15)16-3/h4-5,7,9H,6,8H2,1-3H3. The van der Waals surface area contributed by atoms with Gasteiger partial charge in [0.05, 0.1) is 13.5 Å². The van der Waals surface area contributed by atoms with Crippen molar-refractivity contribution in [1.82, 2.24) is 0 Å². The number of carbonyl (C=O) groups excluding carboxylic acids is 1. The van der Waals surface area contributed by atoms with Crippen molar-refractivity contribution in [2.45, 2.75) is 26.7 Å². The predicted molar refractivity (Wildman–Crippen MR) is 68.4 cm³/mol. The van der Waals surface area contributed by atoms with Gasteiger partial charge in [0.2, 0.25) is 0 Å². The van der Waals surface area contributed by atoms with Crippen LogP contribution in [0.1, 0.15) is 25.0 Å². The van der Waals surface area contributed by atoms with E-state index in [4.69, 9.17) is 4.74 Å². The molecular weight excluding hydrogens is 268 g/mol. The van der Waals surface area contributed by atoms with Crippen LogP contribution in [0, 0.1) is 5.92 Å². The lowest BCUT2D eigenvalue weighted by molar-refractivity contribution is -0.139. The third-order valence-corrected chi connectivity index (χ3v) is 2.85. The van der Waals surface area contributed by atoms with E-state index in [1.165, 1.54) is 12.7 Å². The zero-order chi connectivity index (χ0) is 12.1. The summed E-state index contributed by atoms with van der Waals surface area (Å²) in [5.41, 5.74) is 2.28. The highest BCUT2D eigenvalue weighted by Gasteiger charge is 2.09. The highest BCUT2D eigenvalue weighted by Crippen LogP contribution is 2.20. The maximum absolute atomic E-state index is 11.3. The van der Waals surface area contributed by atoms with Gasteiger partial charge in [-0.25, -0.2) is 0 Å². The van der Waals surface area contributed by atoms with Crippen LogP contribution in [0.3, 0.4) is 0 Å². The van der Waals surface area contributed by atoms with Gasteiger partial charge in [0.15, 0.2) is 0 Å². The number of hydrogen-bond donors (Lipinski definition) is 0. The Morgan fingerprint density at radius 2 is 2.06 bits per heavy atom. The molecule has 88 valence electrons. The molecule has 2 nitrogen and oxygen atoms in total. The highest BCUT2D eigenvalue weighted by molar-refractivity contribution is 9.10. The van der Waals surface area contributed by atoms with Crippen molar-refractivity contribution in [1.29, 1.82) is 0 Å². The van der Waals surface area contributed by atoms with Crippen LogP contribution in [0.25, 0.3) is 0 Å². The molecule has 0 heterocycles. The van der Waals surface area contributed by atoms with Crippen LogP contribution in [-0.4, -0.2) is 13.1 Å². The Hall–Kier alpha value is -0.830. The van der Waals surface area contributed by atoms with Gasteiger partial charge in [0, 0.05) is 4.47 Å². The molecule has 1 aromatic rings. The first-order valence-corrected chi connectivity index (χ1v) is 6.16. The molecule has 0 unspecified atom stereocenters. The summed E-state index contributed by atoms with van der Waals surface area (Å²) in [5.74, 6) is 0.387. The van der Waals surface area contributed by atoms with Crippen molar-refractivity contribution in [3.05, 3.63) is 33.8 Å². The molecule has 0 aromatic heterocycles. The lowest BCUT2D eigenvalue weighted by Crippen LogP contribution is -2.08. The number of hydrogen-bond acceptors (Lipinski definition) is 2. The third-order valence-electron chi connectivity index (χ3n) is 2.36. The Morgan fingerprint density at radius 1 is 1.38 bits per heavy atom. The smallest absolute Gasteiger partial charge is 0.309 e. The van der Waals surface area contributed by atoms with Gasteiger partial charge in [0.25, 0.3) is 0 Å². The fourth-order valence-corrected chi connectivity index (χ4v) is 2.03. The van der Waals surface area contributed by atoms with Gasteiger partial charge >= 0.3 is 5.97 Å². The maximum atomic E-state index is 11.3. The fraction of sp³-hybridized carbons (Fsp3) is 0.462. The zero-order valence-electron chi connectivity index (χ0n) is 9.92. The van der Waals surface area contributed by atoms with E-state index in [0.29, 0.717) is 12.3 Å². The Bertz CT molecular complexity index is 372. The van der Waals surface area contributed by atoms with Crippen molar-refractivity contribution in [3.63, 3.8) is 0 Å². The van der Waals surface area contributed by atoms with Crippen LogP contribution < -0.4 is 0 Å². The van der Waals surface area contributed by atoms with Crippen molar-refractivity contribution >= 4 is 21.9 Å². The molecule has 1 rings (SSSR count). The Morgan fingerprint density at radius 3 is 2.62 bits per heavy atom. The van der Waals surface area contributed by atoms with Crippen LogP contribution in [0.4, 0.5) is 0 Å². The zero-order valence-corrected chi connectivity index (χ0v) is 11.5. The average Bonchev–Trinajstić information content (AvgIpc) is 2.21. The second-order valence-electron chi connectivity index (χ2n) is 4.26. The van der Waals surface area contributed by atoms with E-state index in [1.54, 1.807) is 0 Å². The van der Waals surface area contributed by atoms with E-state index < -0.39 is 0 Å². The van der Waals surface area contributed by atoms with Gasteiger partial charge in [-0.05, 0) is 35.6 Å². The summed E-state index contributed by atoms with van der Waals surface area (Å²) < 4.78 is 5.75. The number of esters is 1. The Labute approximate surface area is 105 Å². The fourth-order valence-electron chi connectivity index (χ4n) is 1.62. The normalized spacial score (nSPS) is 10.6. The van der Waals surface area contributed by atoms with E-state index in [9.17, 15) is 4.79 Å². The molecule has 0 radical (unpaired) electrons. The number of methoxy groups -OCH3 is 1. The first-order valence-electron chi connectivity index (χ1n) is 5.37. The second kappa shape index (κ2) is 6.04.